The number of hydrogen-bond donors (Lipinski definition) is 2. The van der Waals surface area contributed by atoms with Crippen LogP contribution in [0.2, 0.25) is 0 Å². The van der Waals surface area contributed by atoms with E-state index in [1.807, 2.05) is 26.0 Å². The minimum atomic E-state index is -0.718. The number of aliphatic hydroxyl groups is 2. The summed E-state index contributed by atoms with van der Waals surface area (Å²) >= 11 is 0. The molecule has 0 heterocycles. The van der Waals surface area contributed by atoms with Crippen LogP contribution >= 0.6 is 0 Å². The van der Waals surface area contributed by atoms with Gasteiger partial charge in [-0.1, -0.05) is 75.3 Å². The second-order valence-electron chi connectivity index (χ2n) is 9.28. The number of carbonyl (C=O) groups is 1. The number of rotatable bonds is 16. The Kier molecular flexibility index (Phi) is 15.5. The molecule has 4 unspecified atom stereocenters. The monoisotopic (exact) mass is 418 g/mol. The van der Waals surface area contributed by atoms with E-state index in [2.05, 4.69) is 45.6 Å². The Hall–Kier alpha value is -1.45. The summed E-state index contributed by atoms with van der Waals surface area (Å²) in [6, 6.07) is 0. The molecule has 0 rings (SSSR count). The molecular formula is C27H46O3. The first-order chi connectivity index (χ1) is 14.0. The summed E-state index contributed by atoms with van der Waals surface area (Å²) in [6.07, 6.45) is 15.8. The molecule has 0 radical (unpaired) electrons. The third kappa shape index (κ3) is 14.5. The second-order valence-corrected chi connectivity index (χ2v) is 9.28. The number of carbonyl (C=O) groups excluding carboxylic acids is 1. The van der Waals surface area contributed by atoms with Crippen LogP contribution in [0.3, 0.4) is 0 Å². The number of ketones is 1. The molecule has 0 aliphatic heterocycles. The molecule has 0 saturated carbocycles. The van der Waals surface area contributed by atoms with Gasteiger partial charge in [0.2, 0.25) is 0 Å². The zero-order valence-corrected chi connectivity index (χ0v) is 20.2. The second kappa shape index (κ2) is 16.3. The van der Waals surface area contributed by atoms with E-state index in [-0.39, 0.29) is 24.2 Å². The average molecular weight is 419 g/mol. The van der Waals surface area contributed by atoms with Crippen molar-refractivity contribution in [2.75, 3.05) is 0 Å². The summed E-state index contributed by atoms with van der Waals surface area (Å²) in [5.74, 6) is 1.12. The zero-order valence-electron chi connectivity index (χ0n) is 20.2. The van der Waals surface area contributed by atoms with Gasteiger partial charge in [0.25, 0.3) is 0 Å². The number of allylic oxidation sites excluding steroid dienone is 6. The highest BCUT2D eigenvalue weighted by atomic mass is 16.3. The number of hydrogen-bond acceptors (Lipinski definition) is 3. The van der Waals surface area contributed by atoms with E-state index in [0.717, 1.165) is 25.7 Å². The van der Waals surface area contributed by atoms with Crippen LogP contribution in [0.15, 0.2) is 48.1 Å². The average Bonchev–Trinajstić information content (AvgIpc) is 2.68. The molecule has 0 aliphatic carbocycles. The van der Waals surface area contributed by atoms with Gasteiger partial charge in [0.15, 0.2) is 0 Å². The third-order valence-corrected chi connectivity index (χ3v) is 5.99. The molecule has 0 amide bonds. The topological polar surface area (TPSA) is 57.5 Å². The highest BCUT2D eigenvalue weighted by Gasteiger charge is 2.16. The summed E-state index contributed by atoms with van der Waals surface area (Å²) in [4.78, 5) is 12.1. The lowest BCUT2D eigenvalue weighted by Crippen LogP contribution is -2.19. The van der Waals surface area contributed by atoms with Crippen molar-refractivity contribution in [3.05, 3.63) is 48.1 Å². The van der Waals surface area contributed by atoms with Crippen molar-refractivity contribution >= 4 is 5.78 Å². The summed E-state index contributed by atoms with van der Waals surface area (Å²) < 4.78 is 0. The van der Waals surface area contributed by atoms with Gasteiger partial charge in [0, 0.05) is 12.3 Å². The van der Waals surface area contributed by atoms with E-state index >= 15 is 0 Å². The summed E-state index contributed by atoms with van der Waals surface area (Å²) in [5.41, 5.74) is 2.02. The Labute approximate surface area is 185 Å². The molecule has 0 fully saturated rings. The molecule has 0 aromatic rings. The van der Waals surface area contributed by atoms with E-state index in [0.29, 0.717) is 17.4 Å². The van der Waals surface area contributed by atoms with Crippen LogP contribution < -0.4 is 0 Å². The van der Waals surface area contributed by atoms with Crippen molar-refractivity contribution < 1.29 is 15.0 Å². The largest absolute Gasteiger partial charge is 0.393 e. The highest BCUT2D eigenvalue weighted by Crippen LogP contribution is 2.20. The van der Waals surface area contributed by atoms with Gasteiger partial charge in [-0.05, 0) is 64.7 Å². The summed E-state index contributed by atoms with van der Waals surface area (Å²) in [7, 11) is 0. The third-order valence-electron chi connectivity index (χ3n) is 5.99. The molecular weight excluding hydrogens is 372 g/mol. The van der Waals surface area contributed by atoms with Crippen LogP contribution in [-0.4, -0.2) is 28.2 Å². The van der Waals surface area contributed by atoms with Gasteiger partial charge < -0.3 is 10.2 Å². The summed E-state index contributed by atoms with van der Waals surface area (Å²) in [6.45, 7) is 15.8. The normalized spacial score (nSPS) is 17.8. The van der Waals surface area contributed by atoms with Crippen molar-refractivity contribution in [3.8, 4) is 0 Å². The van der Waals surface area contributed by atoms with Crippen LogP contribution in [-0.2, 0) is 4.79 Å². The van der Waals surface area contributed by atoms with E-state index in [4.69, 9.17) is 0 Å². The van der Waals surface area contributed by atoms with Crippen LogP contribution in [0.5, 0.6) is 0 Å². The maximum absolute atomic E-state index is 12.1. The fourth-order valence-corrected chi connectivity index (χ4v) is 3.02. The van der Waals surface area contributed by atoms with Crippen molar-refractivity contribution in [2.24, 2.45) is 17.8 Å². The van der Waals surface area contributed by atoms with Gasteiger partial charge >= 0.3 is 0 Å². The predicted molar refractivity (Wildman–Crippen MR) is 129 cm³/mol. The molecule has 0 aromatic carbocycles. The number of aliphatic hydroxyl groups excluding tert-OH is 2. The fourth-order valence-electron chi connectivity index (χ4n) is 3.02. The molecule has 172 valence electrons. The standard InChI is InChI=1S/C27H46O3/c1-20(2)26(29)19-27(30)24(6)14-12-10-8-9-11-13-21(3)15-16-22(4)17-18-23(5)25(7)28/h8-11,13,22-26,28-29H,1,12,14-19H2,2-7H3/b10-8+,11-9+,21-13+/t22?,23?,24-,25?,26?/m1/s1. The van der Waals surface area contributed by atoms with Crippen LogP contribution in [0.25, 0.3) is 0 Å². The molecule has 3 heteroatoms. The minimum Gasteiger partial charge on any atom is -0.393 e. The highest BCUT2D eigenvalue weighted by molar-refractivity contribution is 5.81. The molecule has 0 aromatic heterocycles. The van der Waals surface area contributed by atoms with Gasteiger partial charge in [0.1, 0.15) is 5.78 Å². The Morgan fingerprint density at radius 1 is 0.933 bits per heavy atom. The molecule has 0 saturated heterocycles. The SMILES string of the molecule is C=C(C)C(O)CC(=O)[C@H](C)CC/C=C/C=C/C=C(\C)CCC(C)CCC(C)C(C)O. The Morgan fingerprint density at radius 2 is 1.60 bits per heavy atom. The molecule has 0 spiro atoms. The lowest BCUT2D eigenvalue weighted by Gasteiger charge is -2.17. The maximum atomic E-state index is 12.1. The Morgan fingerprint density at radius 3 is 2.20 bits per heavy atom. The first-order valence-corrected chi connectivity index (χ1v) is 11.6. The first kappa shape index (κ1) is 28.5. The lowest BCUT2D eigenvalue weighted by molar-refractivity contribution is -0.124. The minimum absolute atomic E-state index is 0.0414. The number of Topliss-reactive ketones (excluding diaryl/α,β-unsaturated/α-hetero) is 1. The van der Waals surface area contributed by atoms with E-state index in [1.165, 1.54) is 18.4 Å². The van der Waals surface area contributed by atoms with Crippen LogP contribution in [0.1, 0.15) is 86.5 Å². The predicted octanol–water partition coefficient (Wildman–Crippen LogP) is 6.57. The quantitative estimate of drug-likeness (QED) is 0.220. The molecule has 30 heavy (non-hydrogen) atoms. The van der Waals surface area contributed by atoms with E-state index in [9.17, 15) is 15.0 Å². The lowest BCUT2D eigenvalue weighted by atomic mass is 9.91. The zero-order chi connectivity index (χ0) is 23.1. The van der Waals surface area contributed by atoms with Gasteiger partial charge in [-0.25, -0.2) is 0 Å². The van der Waals surface area contributed by atoms with Gasteiger partial charge in [0.05, 0.1) is 12.2 Å². The molecule has 0 aliphatic rings. The van der Waals surface area contributed by atoms with Crippen molar-refractivity contribution in [1.29, 1.82) is 0 Å². The molecule has 3 nitrogen and oxygen atoms in total. The first-order valence-electron chi connectivity index (χ1n) is 11.6. The van der Waals surface area contributed by atoms with Crippen LogP contribution in [0.4, 0.5) is 0 Å². The smallest absolute Gasteiger partial charge is 0.138 e. The molecule has 0 bridgehead atoms. The molecule has 5 atom stereocenters. The van der Waals surface area contributed by atoms with Crippen molar-refractivity contribution in [2.45, 2.75) is 98.7 Å². The fraction of sp³-hybridized carbons (Fsp3) is 0.667. The van der Waals surface area contributed by atoms with Gasteiger partial charge in [-0.15, -0.1) is 0 Å². The summed E-state index contributed by atoms with van der Waals surface area (Å²) in [5, 5.41) is 19.3. The Balaban J connectivity index is 4.08. The van der Waals surface area contributed by atoms with E-state index in [1.54, 1.807) is 6.92 Å². The van der Waals surface area contributed by atoms with Gasteiger partial charge in [-0.3, -0.25) is 4.79 Å². The maximum Gasteiger partial charge on any atom is 0.138 e. The Bertz CT molecular complexity index is 583. The molecule has 2 N–H and O–H groups in total. The van der Waals surface area contributed by atoms with Crippen molar-refractivity contribution in [3.63, 3.8) is 0 Å². The van der Waals surface area contributed by atoms with Crippen LogP contribution in [0, 0.1) is 17.8 Å². The van der Waals surface area contributed by atoms with Crippen molar-refractivity contribution in [1.82, 2.24) is 0 Å². The van der Waals surface area contributed by atoms with E-state index < -0.39 is 6.10 Å². The van der Waals surface area contributed by atoms with Gasteiger partial charge in [-0.2, -0.15) is 0 Å².